The van der Waals surface area contributed by atoms with Gasteiger partial charge >= 0.3 is 0 Å². The van der Waals surface area contributed by atoms with Crippen LogP contribution in [0.5, 0.6) is 0 Å². The molecule has 1 aliphatic heterocycles. The summed E-state index contributed by atoms with van der Waals surface area (Å²) < 4.78 is 32.5. The molecule has 1 aromatic rings. The first kappa shape index (κ1) is 16.1. The minimum absolute atomic E-state index is 0.247. The van der Waals surface area contributed by atoms with Gasteiger partial charge in [0.25, 0.3) is 0 Å². The molecule has 0 spiro atoms. The summed E-state index contributed by atoms with van der Waals surface area (Å²) >= 11 is 6.33. The summed E-state index contributed by atoms with van der Waals surface area (Å²) in [5.41, 5.74) is 0.614. The Hall–Kier alpha value is -0.820. The summed E-state index contributed by atoms with van der Waals surface area (Å²) in [6.07, 6.45) is 2.48. The summed E-state index contributed by atoms with van der Waals surface area (Å²) in [6, 6.07) is 5.02. The van der Waals surface area contributed by atoms with Gasteiger partial charge in [0.2, 0.25) is 10.0 Å². The standard InChI is InChI=1S/C15H21ClN2O3S/c1-17-22(19,20)14-5-3-4-12(16)15(14)18-8-10-6-7-13(21-2)11(10)9-18/h3-5,10-11,13,17H,6-9H2,1-2H3/t10-,11+,13-/m0/s1. The third kappa shape index (κ3) is 2.62. The van der Waals surface area contributed by atoms with E-state index in [4.69, 9.17) is 16.3 Å². The van der Waals surface area contributed by atoms with Crippen LogP contribution in [0.1, 0.15) is 12.8 Å². The molecule has 122 valence electrons. The fourth-order valence-corrected chi connectivity index (χ4v) is 5.14. The van der Waals surface area contributed by atoms with E-state index < -0.39 is 10.0 Å². The third-order valence-electron chi connectivity index (χ3n) is 4.92. The second kappa shape index (κ2) is 6.00. The zero-order chi connectivity index (χ0) is 15.9. The van der Waals surface area contributed by atoms with E-state index in [9.17, 15) is 8.42 Å². The summed E-state index contributed by atoms with van der Waals surface area (Å²) in [6.45, 7) is 1.62. The van der Waals surface area contributed by atoms with E-state index >= 15 is 0 Å². The van der Waals surface area contributed by atoms with Crippen LogP contribution in [0.2, 0.25) is 5.02 Å². The number of fused-ring (bicyclic) bond motifs is 1. The highest BCUT2D eigenvalue weighted by Gasteiger charge is 2.44. The van der Waals surface area contributed by atoms with Gasteiger partial charge in [-0.2, -0.15) is 0 Å². The van der Waals surface area contributed by atoms with Gasteiger partial charge in [-0.05, 0) is 37.9 Å². The van der Waals surface area contributed by atoms with Gasteiger partial charge < -0.3 is 9.64 Å². The van der Waals surface area contributed by atoms with Crippen molar-refractivity contribution in [1.82, 2.24) is 4.72 Å². The lowest BCUT2D eigenvalue weighted by Crippen LogP contribution is -2.28. The van der Waals surface area contributed by atoms with Crippen molar-refractivity contribution in [3.8, 4) is 0 Å². The first-order valence-corrected chi connectivity index (χ1v) is 9.34. The van der Waals surface area contributed by atoms with Crippen LogP contribution in [0.15, 0.2) is 23.1 Å². The summed E-state index contributed by atoms with van der Waals surface area (Å²) in [5, 5.41) is 0.477. The topological polar surface area (TPSA) is 58.6 Å². The van der Waals surface area contributed by atoms with Crippen LogP contribution in [0.4, 0.5) is 5.69 Å². The minimum Gasteiger partial charge on any atom is -0.381 e. The lowest BCUT2D eigenvalue weighted by Gasteiger charge is -2.25. The molecule has 7 heteroatoms. The molecule has 1 aromatic carbocycles. The number of ether oxygens (including phenoxy) is 1. The summed E-state index contributed by atoms with van der Waals surface area (Å²) in [5.74, 6) is 0.998. The highest BCUT2D eigenvalue weighted by atomic mass is 35.5. The van der Waals surface area contributed by atoms with Crippen molar-refractivity contribution in [2.75, 3.05) is 32.1 Å². The van der Waals surface area contributed by atoms with Crippen LogP contribution >= 0.6 is 11.6 Å². The molecule has 1 saturated carbocycles. The lowest BCUT2D eigenvalue weighted by molar-refractivity contribution is 0.0722. The maximum atomic E-state index is 12.3. The summed E-state index contributed by atoms with van der Waals surface area (Å²) in [4.78, 5) is 2.35. The van der Waals surface area contributed by atoms with Gasteiger partial charge in [-0.3, -0.25) is 0 Å². The molecule has 1 saturated heterocycles. The Kier molecular flexibility index (Phi) is 4.38. The molecule has 1 heterocycles. The second-order valence-electron chi connectivity index (χ2n) is 5.97. The number of anilines is 1. The van der Waals surface area contributed by atoms with E-state index in [1.54, 1.807) is 25.3 Å². The Morgan fingerprint density at radius 3 is 2.77 bits per heavy atom. The Balaban J connectivity index is 1.97. The molecule has 2 fully saturated rings. The molecule has 2 aliphatic rings. The normalized spacial score (nSPS) is 28.1. The molecule has 1 aliphatic carbocycles. The Labute approximate surface area is 136 Å². The van der Waals surface area contributed by atoms with E-state index in [-0.39, 0.29) is 11.0 Å². The number of sulfonamides is 1. The fourth-order valence-electron chi connectivity index (χ4n) is 3.82. The van der Waals surface area contributed by atoms with E-state index in [1.807, 2.05) is 0 Å². The Morgan fingerprint density at radius 2 is 2.09 bits per heavy atom. The van der Waals surface area contributed by atoms with E-state index in [1.165, 1.54) is 7.05 Å². The minimum atomic E-state index is -3.54. The zero-order valence-corrected chi connectivity index (χ0v) is 14.3. The number of nitrogens with zero attached hydrogens (tertiary/aromatic N) is 1. The molecule has 0 amide bonds. The number of rotatable bonds is 4. The number of benzene rings is 1. The number of hydrogen-bond acceptors (Lipinski definition) is 4. The average Bonchev–Trinajstić information content (AvgIpc) is 3.06. The first-order valence-electron chi connectivity index (χ1n) is 7.47. The molecular formula is C15H21ClN2O3S. The number of para-hydroxylation sites is 1. The van der Waals surface area contributed by atoms with Crippen molar-refractivity contribution in [1.29, 1.82) is 0 Å². The SMILES string of the molecule is CNS(=O)(=O)c1cccc(Cl)c1N1C[C@@H]2CC[C@H](OC)[C@@H]2C1. The maximum absolute atomic E-state index is 12.3. The number of hydrogen-bond donors (Lipinski definition) is 1. The zero-order valence-electron chi connectivity index (χ0n) is 12.8. The van der Waals surface area contributed by atoms with Gasteiger partial charge in [-0.25, -0.2) is 13.1 Å². The largest absolute Gasteiger partial charge is 0.381 e. The van der Waals surface area contributed by atoms with Gasteiger partial charge in [-0.15, -0.1) is 0 Å². The van der Waals surface area contributed by atoms with E-state index in [0.29, 0.717) is 22.5 Å². The van der Waals surface area contributed by atoms with Crippen molar-refractivity contribution >= 4 is 27.3 Å². The monoisotopic (exact) mass is 344 g/mol. The van der Waals surface area contributed by atoms with Gasteiger partial charge in [0.05, 0.1) is 16.8 Å². The molecule has 0 unspecified atom stereocenters. The maximum Gasteiger partial charge on any atom is 0.242 e. The van der Waals surface area contributed by atoms with Crippen molar-refractivity contribution in [2.45, 2.75) is 23.8 Å². The lowest BCUT2D eigenvalue weighted by atomic mass is 9.99. The Morgan fingerprint density at radius 1 is 1.32 bits per heavy atom. The van der Waals surface area contributed by atoms with E-state index in [2.05, 4.69) is 9.62 Å². The van der Waals surface area contributed by atoms with Crippen molar-refractivity contribution < 1.29 is 13.2 Å². The number of methoxy groups -OCH3 is 1. The number of halogens is 1. The van der Waals surface area contributed by atoms with Gasteiger partial charge in [0, 0.05) is 26.1 Å². The van der Waals surface area contributed by atoms with Crippen LogP contribution in [0.25, 0.3) is 0 Å². The first-order chi connectivity index (χ1) is 10.5. The molecule has 5 nitrogen and oxygen atoms in total. The quantitative estimate of drug-likeness (QED) is 0.908. The molecule has 0 aromatic heterocycles. The molecule has 0 radical (unpaired) electrons. The van der Waals surface area contributed by atoms with Crippen molar-refractivity contribution in [3.63, 3.8) is 0 Å². The van der Waals surface area contributed by atoms with E-state index in [0.717, 1.165) is 25.9 Å². The fraction of sp³-hybridized carbons (Fsp3) is 0.600. The van der Waals surface area contributed by atoms with Gasteiger partial charge in [0.1, 0.15) is 4.90 Å². The molecule has 3 rings (SSSR count). The van der Waals surface area contributed by atoms with Crippen LogP contribution < -0.4 is 9.62 Å². The Bertz CT molecular complexity index is 665. The predicted octanol–water partition coefficient (Wildman–Crippen LogP) is 2.11. The van der Waals surface area contributed by atoms with Crippen LogP contribution in [0.3, 0.4) is 0 Å². The van der Waals surface area contributed by atoms with Crippen LogP contribution in [-0.2, 0) is 14.8 Å². The van der Waals surface area contributed by atoms with Gasteiger partial charge in [-0.1, -0.05) is 17.7 Å². The average molecular weight is 345 g/mol. The smallest absolute Gasteiger partial charge is 0.242 e. The molecule has 1 N–H and O–H groups in total. The second-order valence-corrected chi connectivity index (χ2v) is 8.24. The van der Waals surface area contributed by atoms with Crippen molar-refractivity contribution in [2.24, 2.45) is 11.8 Å². The van der Waals surface area contributed by atoms with Gasteiger partial charge in [0.15, 0.2) is 0 Å². The molecule has 22 heavy (non-hydrogen) atoms. The molecule has 0 bridgehead atoms. The molecular weight excluding hydrogens is 324 g/mol. The summed E-state index contributed by atoms with van der Waals surface area (Å²) in [7, 11) is -0.370. The molecule has 3 atom stereocenters. The third-order valence-corrected chi connectivity index (χ3v) is 6.67. The van der Waals surface area contributed by atoms with Crippen LogP contribution in [-0.4, -0.2) is 41.8 Å². The highest BCUT2D eigenvalue weighted by molar-refractivity contribution is 7.89. The highest BCUT2D eigenvalue weighted by Crippen LogP contribution is 2.44. The van der Waals surface area contributed by atoms with Crippen molar-refractivity contribution in [3.05, 3.63) is 23.2 Å². The van der Waals surface area contributed by atoms with Crippen LogP contribution in [0, 0.1) is 11.8 Å². The predicted molar refractivity (Wildman–Crippen MR) is 86.9 cm³/mol. The number of nitrogens with one attached hydrogen (secondary N) is 1.